The molecule has 2 heterocycles. The summed E-state index contributed by atoms with van der Waals surface area (Å²) in [6.07, 6.45) is -0.708. The van der Waals surface area contributed by atoms with E-state index in [1.165, 1.54) is 18.7 Å². The maximum Gasteiger partial charge on any atom is 0.246 e. The molecule has 9 nitrogen and oxygen atoms in total. The molecular weight excluding hydrogens is 492 g/mol. The molecule has 0 aliphatic carbocycles. The smallest absolute Gasteiger partial charge is 0.246 e. The molecule has 1 aliphatic rings. The van der Waals surface area contributed by atoms with Crippen molar-refractivity contribution in [1.29, 1.82) is 0 Å². The minimum absolute atomic E-state index is 0.0106. The number of Topliss-reactive ketones (excluding diaryl/α,β-unsaturated/α-hetero) is 1. The molecule has 1 fully saturated rings. The van der Waals surface area contributed by atoms with Crippen molar-refractivity contribution in [2.75, 3.05) is 6.54 Å². The van der Waals surface area contributed by atoms with E-state index in [9.17, 15) is 24.3 Å². The number of β-amino-alcohol motifs (C(OH)–C–C–N with tert-alkyl or cyclic N) is 1. The summed E-state index contributed by atoms with van der Waals surface area (Å²) < 4.78 is 0. The maximum atomic E-state index is 13.5. The third-order valence-electron chi connectivity index (χ3n) is 6.45. The zero-order valence-electron chi connectivity index (χ0n) is 22.2. The summed E-state index contributed by atoms with van der Waals surface area (Å²) in [5.41, 5.74) is 3.88. The van der Waals surface area contributed by atoms with E-state index in [2.05, 4.69) is 15.6 Å². The lowest BCUT2D eigenvalue weighted by Crippen LogP contribution is -2.57. The molecule has 37 heavy (non-hydrogen) atoms. The Labute approximate surface area is 221 Å². The fourth-order valence-corrected chi connectivity index (χ4v) is 5.39. The van der Waals surface area contributed by atoms with Crippen molar-refractivity contribution in [1.82, 2.24) is 20.5 Å². The van der Waals surface area contributed by atoms with Crippen LogP contribution in [0.1, 0.15) is 64.8 Å². The minimum Gasteiger partial charge on any atom is -0.391 e. The number of benzene rings is 1. The molecule has 3 rings (SSSR count). The molecule has 1 aromatic heterocycles. The molecule has 10 heteroatoms. The van der Waals surface area contributed by atoms with Crippen molar-refractivity contribution in [2.45, 2.75) is 78.6 Å². The van der Waals surface area contributed by atoms with E-state index in [0.29, 0.717) is 0 Å². The molecule has 0 saturated carbocycles. The lowest BCUT2D eigenvalue weighted by Gasteiger charge is -2.35. The monoisotopic (exact) mass is 528 g/mol. The van der Waals surface area contributed by atoms with Gasteiger partial charge in [0.2, 0.25) is 17.7 Å². The van der Waals surface area contributed by atoms with Gasteiger partial charge in [-0.05, 0) is 30.4 Å². The van der Waals surface area contributed by atoms with Crippen LogP contribution in [0.15, 0.2) is 29.8 Å². The van der Waals surface area contributed by atoms with Crippen molar-refractivity contribution in [3.8, 4) is 10.4 Å². The van der Waals surface area contributed by atoms with E-state index in [0.717, 1.165) is 21.7 Å². The van der Waals surface area contributed by atoms with Crippen LogP contribution in [0, 0.1) is 12.3 Å². The highest BCUT2D eigenvalue weighted by atomic mass is 32.1. The number of aliphatic hydroxyl groups excluding tert-OH is 1. The minimum atomic E-state index is -0.922. The van der Waals surface area contributed by atoms with Crippen LogP contribution < -0.4 is 10.6 Å². The molecule has 0 radical (unpaired) electrons. The lowest BCUT2D eigenvalue weighted by atomic mass is 9.85. The highest BCUT2D eigenvalue weighted by molar-refractivity contribution is 7.13. The third kappa shape index (κ3) is 7.01. The van der Waals surface area contributed by atoms with Crippen LogP contribution in [0.25, 0.3) is 10.4 Å². The average molecular weight is 529 g/mol. The first-order valence-electron chi connectivity index (χ1n) is 12.3. The molecule has 1 aliphatic heterocycles. The number of aryl methyl sites for hydroxylation is 1. The van der Waals surface area contributed by atoms with Crippen LogP contribution in [-0.4, -0.2) is 63.2 Å². The van der Waals surface area contributed by atoms with E-state index in [4.69, 9.17) is 0 Å². The Morgan fingerprint density at radius 2 is 1.78 bits per heavy atom. The average Bonchev–Trinajstić information content (AvgIpc) is 3.41. The van der Waals surface area contributed by atoms with Crippen molar-refractivity contribution in [3.05, 3.63) is 41.0 Å². The standard InChI is InChI=1S/C27H36N4O5S/c1-15(32)11-21(18-7-9-19(10-8-18)23-16(2)28-14-37-23)30-25(35)22-12-20(34)13-31(22)26(36)24(27(4,5)6)29-17(3)33/h7-10,14,20-22,24,34H,11-13H2,1-6H3,(H,29,33)(H,30,35)/t20-,21?,22?,24?/m1/s1. The predicted molar refractivity (Wildman–Crippen MR) is 142 cm³/mol. The van der Waals surface area contributed by atoms with Crippen LogP contribution in [0.3, 0.4) is 0 Å². The second-order valence-electron chi connectivity index (χ2n) is 10.8. The molecule has 2 aromatic rings. The number of aromatic nitrogens is 1. The fourth-order valence-electron chi connectivity index (χ4n) is 4.58. The number of rotatable bonds is 8. The van der Waals surface area contributed by atoms with Gasteiger partial charge in [0.05, 0.1) is 28.2 Å². The van der Waals surface area contributed by atoms with Gasteiger partial charge in [-0.3, -0.25) is 19.2 Å². The molecule has 3 amide bonds. The summed E-state index contributed by atoms with van der Waals surface area (Å²) in [5.74, 6) is -1.32. The quantitative estimate of drug-likeness (QED) is 0.483. The van der Waals surface area contributed by atoms with Crippen LogP contribution in [0.2, 0.25) is 0 Å². The number of ketones is 1. The van der Waals surface area contributed by atoms with Gasteiger partial charge < -0.3 is 20.6 Å². The van der Waals surface area contributed by atoms with Gasteiger partial charge in [-0.2, -0.15) is 0 Å². The number of nitrogens with zero attached hydrogens (tertiary/aromatic N) is 2. The number of carbonyl (C=O) groups excluding carboxylic acids is 4. The molecule has 4 atom stereocenters. The largest absolute Gasteiger partial charge is 0.391 e. The maximum absolute atomic E-state index is 13.5. The van der Waals surface area contributed by atoms with Gasteiger partial charge in [0.15, 0.2) is 0 Å². The second kappa shape index (κ2) is 11.5. The first-order valence-corrected chi connectivity index (χ1v) is 13.2. The second-order valence-corrected chi connectivity index (χ2v) is 11.6. The van der Waals surface area contributed by atoms with Gasteiger partial charge in [0.25, 0.3) is 0 Å². The van der Waals surface area contributed by atoms with Crippen LogP contribution >= 0.6 is 11.3 Å². The van der Waals surface area contributed by atoms with Crippen molar-refractivity contribution >= 4 is 34.8 Å². The third-order valence-corrected chi connectivity index (χ3v) is 7.43. The number of hydrogen-bond acceptors (Lipinski definition) is 7. The SMILES string of the molecule is CC(=O)CC(NC(=O)C1C[C@@H](O)CN1C(=O)C(NC(C)=O)C(C)(C)C)c1ccc(-c2scnc2C)cc1. The first kappa shape index (κ1) is 28.5. The Balaban J connectivity index is 1.83. The highest BCUT2D eigenvalue weighted by Crippen LogP contribution is 2.30. The van der Waals surface area contributed by atoms with Gasteiger partial charge in [0.1, 0.15) is 17.9 Å². The van der Waals surface area contributed by atoms with E-state index in [1.54, 1.807) is 16.8 Å². The Hall–Kier alpha value is -3.11. The summed E-state index contributed by atoms with van der Waals surface area (Å²) in [6.45, 7) is 10.2. The number of thiazole rings is 1. The van der Waals surface area contributed by atoms with Gasteiger partial charge in [-0.1, -0.05) is 45.0 Å². The Morgan fingerprint density at radius 1 is 1.14 bits per heavy atom. The topological polar surface area (TPSA) is 129 Å². The van der Waals surface area contributed by atoms with Crippen LogP contribution in [0.5, 0.6) is 0 Å². The van der Waals surface area contributed by atoms with Gasteiger partial charge in [-0.25, -0.2) is 4.98 Å². The van der Waals surface area contributed by atoms with Crippen molar-refractivity contribution in [3.63, 3.8) is 0 Å². The molecule has 0 bridgehead atoms. The van der Waals surface area contributed by atoms with Crippen LogP contribution in [-0.2, 0) is 19.2 Å². The summed E-state index contributed by atoms with van der Waals surface area (Å²) in [5, 5.41) is 16.0. The zero-order chi connectivity index (χ0) is 27.5. The normalized spacial score (nSPS) is 19.3. The number of carbonyl (C=O) groups is 4. The van der Waals surface area contributed by atoms with E-state index >= 15 is 0 Å². The number of amides is 3. The number of nitrogens with one attached hydrogen (secondary N) is 2. The molecule has 1 saturated heterocycles. The van der Waals surface area contributed by atoms with E-state index in [1.807, 2.05) is 52.0 Å². The molecule has 200 valence electrons. The summed E-state index contributed by atoms with van der Waals surface area (Å²) in [7, 11) is 0. The van der Waals surface area contributed by atoms with Crippen LogP contribution in [0.4, 0.5) is 0 Å². The Bertz CT molecular complexity index is 1150. The number of aliphatic hydroxyl groups is 1. The molecule has 3 unspecified atom stereocenters. The summed E-state index contributed by atoms with van der Waals surface area (Å²) >= 11 is 1.54. The zero-order valence-corrected chi connectivity index (χ0v) is 23.0. The van der Waals surface area contributed by atoms with Gasteiger partial charge >= 0.3 is 0 Å². The summed E-state index contributed by atoms with van der Waals surface area (Å²) in [4.78, 5) is 57.4. The summed E-state index contributed by atoms with van der Waals surface area (Å²) in [6, 6.07) is 5.25. The van der Waals surface area contributed by atoms with Crippen molar-refractivity contribution < 1.29 is 24.3 Å². The van der Waals surface area contributed by atoms with E-state index < -0.39 is 41.5 Å². The molecule has 0 spiro atoms. The Kier molecular flexibility index (Phi) is 8.86. The number of likely N-dealkylation sites (tertiary alicyclic amines) is 1. The highest BCUT2D eigenvalue weighted by Gasteiger charge is 2.44. The number of hydrogen-bond donors (Lipinski definition) is 3. The van der Waals surface area contributed by atoms with Gasteiger partial charge in [0, 0.05) is 26.3 Å². The fraction of sp³-hybridized carbons (Fsp3) is 0.519. The lowest BCUT2D eigenvalue weighted by molar-refractivity contribution is -0.144. The Morgan fingerprint density at radius 3 is 2.30 bits per heavy atom. The van der Waals surface area contributed by atoms with E-state index in [-0.39, 0.29) is 31.1 Å². The molecule has 1 aromatic carbocycles. The molecular formula is C27H36N4O5S. The van der Waals surface area contributed by atoms with Crippen molar-refractivity contribution in [2.24, 2.45) is 5.41 Å². The van der Waals surface area contributed by atoms with Gasteiger partial charge in [-0.15, -0.1) is 11.3 Å². The first-order chi connectivity index (χ1) is 17.3. The predicted octanol–water partition coefficient (Wildman–Crippen LogP) is 2.77. The molecule has 3 N–H and O–H groups in total.